The van der Waals surface area contributed by atoms with Gasteiger partial charge >= 0.3 is 12.2 Å². The Hall–Kier alpha value is -3.37. The van der Waals surface area contributed by atoms with Gasteiger partial charge in [-0.25, -0.2) is 4.79 Å². The molecule has 0 radical (unpaired) electrons. The van der Waals surface area contributed by atoms with Crippen LogP contribution in [0.5, 0.6) is 0 Å². The fourth-order valence-electron chi connectivity index (χ4n) is 3.12. The minimum Gasteiger partial charge on any atom is -0.383 e. The second kappa shape index (κ2) is 10.5. The Labute approximate surface area is 192 Å². The van der Waals surface area contributed by atoms with Crippen LogP contribution in [0.1, 0.15) is 22.8 Å². The molecule has 0 fully saturated rings. The van der Waals surface area contributed by atoms with Crippen molar-refractivity contribution in [2.75, 3.05) is 24.4 Å². The summed E-state index contributed by atoms with van der Waals surface area (Å²) in [7, 11) is 1.53. The molecule has 3 amide bonds. The van der Waals surface area contributed by atoms with Crippen LogP contribution in [0.4, 0.5) is 29.3 Å². The lowest BCUT2D eigenvalue weighted by molar-refractivity contribution is -0.137. The van der Waals surface area contributed by atoms with Crippen LogP contribution in [0.15, 0.2) is 59.3 Å². The van der Waals surface area contributed by atoms with Crippen LogP contribution in [0.2, 0.25) is 0 Å². The SMILES string of the molecule is COCC(C)NC(=O)c1ccc(-c2ccsc2)c(NC(=O)Nc2cccc(C(F)(F)F)c2)c1. The van der Waals surface area contributed by atoms with Crippen molar-refractivity contribution in [2.24, 2.45) is 0 Å². The van der Waals surface area contributed by atoms with Crippen molar-refractivity contribution < 1.29 is 27.5 Å². The number of benzene rings is 2. The molecule has 0 aliphatic rings. The van der Waals surface area contributed by atoms with Crippen LogP contribution in [0.3, 0.4) is 0 Å². The monoisotopic (exact) mass is 477 g/mol. The number of rotatable bonds is 7. The summed E-state index contributed by atoms with van der Waals surface area (Å²) < 4.78 is 43.9. The van der Waals surface area contributed by atoms with Gasteiger partial charge in [-0.15, -0.1) is 0 Å². The van der Waals surface area contributed by atoms with Crippen molar-refractivity contribution in [2.45, 2.75) is 19.1 Å². The van der Waals surface area contributed by atoms with Gasteiger partial charge in [-0.2, -0.15) is 24.5 Å². The Morgan fingerprint density at radius 2 is 1.88 bits per heavy atom. The number of halogens is 3. The third-order valence-corrected chi connectivity index (χ3v) is 5.29. The number of methoxy groups -OCH3 is 1. The lowest BCUT2D eigenvalue weighted by Gasteiger charge is -2.16. The summed E-state index contributed by atoms with van der Waals surface area (Å²) in [6.07, 6.45) is -4.53. The van der Waals surface area contributed by atoms with Gasteiger partial charge in [0.05, 0.1) is 17.9 Å². The van der Waals surface area contributed by atoms with E-state index in [0.29, 0.717) is 23.4 Å². The summed E-state index contributed by atoms with van der Waals surface area (Å²) in [5.74, 6) is -0.349. The largest absolute Gasteiger partial charge is 0.416 e. The molecule has 1 atom stereocenters. The van der Waals surface area contributed by atoms with E-state index >= 15 is 0 Å². The molecule has 1 heterocycles. The summed E-state index contributed by atoms with van der Waals surface area (Å²) in [5.41, 5.74) is 1.26. The van der Waals surface area contributed by atoms with Gasteiger partial charge in [-0.05, 0) is 59.6 Å². The van der Waals surface area contributed by atoms with Crippen LogP contribution in [-0.2, 0) is 10.9 Å². The summed E-state index contributed by atoms with van der Waals surface area (Å²) in [5, 5.41) is 11.6. The maximum absolute atomic E-state index is 12.9. The Morgan fingerprint density at radius 3 is 2.55 bits per heavy atom. The van der Waals surface area contributed by atoms with Gasteiger partial charge in [0.25, 0.3) is 5.91 Å². The summed E-state index contributed by atoms with van der Waals surface area (Å²) in [4.78, 5) is 25.2. The van der Waals surface area contributed by atoms with Crippen molar-refractivity contribution in [1.29, 1.82) is 0 Å². The molecule has 2 aromatic carbocycles. The van der Waals surface area contributed by atoms with Crippen molar-refractivity contribution >= 4 is 34.6 Å². The number of carbonyl (C=O) groups is 2. The normalized spacial score (nSPS) is 12.2. The van der Waals surface area contributed by atoms with Crippen LogP contribution >= 0.6 is 11.3 Å². The Kier molecular flexibility index (Phi) is 7.72. The average Bonchev–Trinajstić information content (AvgIpc) is 3.28. The van der Waals surface area contributed by atoms with Gasteiger partial charge in [0, 0.05) is 30.0 Å². The summed E-state index contributed by atoms with van der Waals surface area (Å²) in [6, 6.07) is 10.1. The molecule has 3 N–H and O–H groups in total. The van der Waals surface area contributed by atoms with Crippen LogP contribution < -0.4 is 16.0 Å². The highest BCUT2D eigenvalue weighted by Crippen LogP contribution is 2.32. The molecule has 3 aromatic rings. The second-order valence-corrected chi connectivity index (χ2v) is 8.04. The van der Waals surface area contributed by atoms with E-state index in [0.717, 1.165) is 17.7 Å². The lowest BCUT2D eigenvalue weighted by Crippen LogP contribution is -2.35. The number of nitrogens with one attached hydrogen (secondary N) is 3. The Balaban J connectivity index is 1.84. The maximum Gasteiger partial charge on any atom is 0.416 e. The van der Waals surface area contributed by atoms with E-state index < -0.39 is 17.8 Å². The van der Waals surface area contributed by atoms with Crippen LogP contribution in [0, 0.1) is 0 Å². The topological polar surface area (TPSA) is 79.5 Å². The van der Waals surface area contributed by atoms with Crippen molar-refractivity contribution in [1.82, 2.24) is 5.32 Å². The molecule has 0 aliphatic carbocycles. The molecule has 6 nitrogen and oxygen atoms in total. The van der Waals surface area contributed by atoms with Crippen molar-refractivity contribution in [3.05, 3.63) is 70.4 Å². The highest BCUT2D eigenvalue weighted by Gasteiger charge is 2.30. The molecule has 1 aromatic heterocycles. The fourth-order valence-corrected chi connectivity index (χ4v) is 3.77. The van der Waals surface area contributed by atoms with Gasteiger partial charge in [0.2, 0.25) is 0 Å². The first-order valence-corrected chi connectivity index (χ1v) is 10.8. The van der Waals surface area contributed by atoms with E-state index in [1.807, 2.05) is 16.8 Å². The molecular weight excluding hydrogens is 455 g/mol. The Morgan fingerprint density at radius 1 is 1.09 bits per heavy atom. The molecule has 0 saturated carbocycles. The number of urea groups is 1. The van der Waals surface area contributed by atoms with E-state index in [9.17, 15) is 22.8 Å². The molecule has 10 heteroatoms. The molecule has 33 heavy (non-hydrogen) atoms. The van der Waals surface area contributed by atoms with Gasteiger partial charge in [0.1, 0.15) is 0 Å². The average molecular weight is 478 g/mol. The smallest absolute Gasteiger partial charge is 0.383 e. The zero-order chi connectivity index (χ0) is 24.0. The molecule has 174 valence electrons. The molecule has 0 bridgehead atoms. The van der Waals surface area contributed by atoms with Crippen molar-refractivity contribution in [3.63, 3.8) is 0 Å². The highest BCUT2D eigenvalue weighted by atomic mass is 32.1. The first kappa shape index (κ1) is 24.3. The van der Waals surface area contributed by atoms with E-state index in [4.69, 9.17) is 4.74 Å². The molecule has 1 unspecified atom stereocenters. The standard InChI is InChI=1S/C23H22F3N3O3S/c1-14(12-32-2)27-21(30)15-6-7-19(16-8-9-33-13-16)20(10-15)29-22(31)28-18-5-3-4-17(11-18)23(24,25)26/h3-11,13-14H,12H2,1-2H3,(H,27,30)(H2,28,29,31). The number of thiophene rings is 1. The van der Waals surface area contributed by atoms with E-state index in [-0.39, 0.29) is 17.6 Å². The number of alkyl halides is 3. The Bertz CT molecular complexity index is 1120. The van der Waals surface area contributed by atoms with E-state index in [1.165, 1.54) is 36.6 Å². The number of hydrogen-bond acceptors (Lipinski definition) is 4. The van der Waals surface area contributed by atoms with Gasteiger partial charge in [0.15, 0.2) is 0 Å². The van der Waals surface area contributed by atoms with Crippen LogP contribution in [0.25, 0.3) is 11.1 Å². The van der Waals surface area contributed by atoms with Gasteiger partial charge < -0.3 is 20.7 Å². The quantitative estimate of drug-likeness (QED) is 0.400. The number of carbonyl (C=O) groups excluding carboxylic acids is 2. The highest BCUT2D eigenvalue weighted by molar-refractivity contribution is 7.08. The predicted octanol–water partition coefficient (Wildman–Crippen LogP) is 5.84. The molecule has 0 aliphatic heterocycles. The number of amides is 3. The summed E-state index contributed by atoms with van der Waals surface area (Å²) in [6.45, 7) is 2.13. The van der Waals surface area contributed by atoms with Gasteiger partial charge in [-0.3, -0.25) is 4.79 Å². The third-order valence-electron chi connectivity index (χ3n) is 4.60. The zero-order valence-corrected chi connectivity index (χ0v) is 18.6. The van der Waals surface area contributed by atoms with Gasteiger partial charge in [-0.1, -0.05) is 12.1 Å². The first-order valence-electron chi connectivity index (χ1n) is 9.89. The number of ether oxygens (including phenoxy) is 1. The van der Waals surface area contributed by atoms with Crippen LogP contribution in [-0.4, -0.2) is 31.7 Å². The molecular formula is C23H22F3N3O3S. The molecule has 0 spiro atoms. The third kappa shape index (κ3) is 6.56. The minimum atomic E-state index is -4.53. The first-order chi connectivity index (χ1) is 15.7. The molecule has 3 rings (SSSR count). The van der Waals surface area contributed by atoms with E-state index in [1.54, 1.807) is 19.1 Å². The minimum absolute atomic E-state index is 0.0123. The predicted molar refractivity (Wildman–Crippen MR) is 123 cm³/mol. The number of hydrogen-bond donors (Lipinski definition) is 3. The van der Waals surface area contributed by atoms with E-state index in [2.05, 4.69) is 16.0 Å². The fraction of sp³-hybridized carbons (Fsp3) is 0.217. The lowest BCUT2D eigenvalue weighted by atomic mass is 10.0. The maximum atomic E-state index is 12.9. The molecule has 0 saturated heterocycles. The zero-order valence-electron chi connectivity index (χ0n) is 17.8. The number of anilines is 2. The second-order valence-electron chi connectivity index (χ2n) is 7.26. The summed E-state index contributed by atoms with van der Waals surface area (Å²) >= 11 is 1.46. The van der Waals surface area contributed by atoms with Crippen molar-refractivity contribution in [3.8, 4) is 11.1 Å².